The number of hydrogen-bond acceptors (Lipinski definition) is 5. The summed E-state index contributed by atoms with van der Waals surface area (Å²) in [5.41, 5.74) is 5.44. The zero-order valence-electron chi connectivity index (χ0n) is 9.12. The molecule has 1 aromatic rings. The molecule has 0 aromatic carbocycles. The second kappa shape index (κ2) is 5.67. The van der Waals surface area contributed by atoms with Crippen LogP contribution in [-0.2, 0) is 11.3 Å². The summed E-state index contributed by atoms with van der Waals surface area (Å²) in [5, 5.41) is 0. The molecule has 0 saturated heterocycles. The molecule has 17 heavy (non-hydrogen) atoms. The Morgan fingerprint density at radius 2 is 2.06 bits per heavy atom. The molecule has 0 atom stereocenters. The summed E-state index contributed by atoms with van der Waals surface area (Å²) in [5.74, 6) is 0.386. The van der Waals surface area contributed by atoms with Gasteiger partial charge in [-0.25, -0.2) is 4.98 Å². The molecule has 2 N–H and O–H groups in total. The van der Waals surface area contributed by atoms with E-state index in [1.54, 1.807) is 0 Å². The molecular formula is C9H12F3N3O2. The van der Waals surface area contributed by atoms with Crippen LogP contribution in [0.3, 0.4) is 0 Å². The predicted octanol–water partition coefficient (Wildman–Crippen LogP) is 1.54. The van der Waals surface area contributed by atoms with E-state index >= 15 is 0 Å². The summed E-state index contributed by atoms with van der Waals surface area (Å²) < 4.78 is 45.3. The molecular weight excluding hydrogens is 239 g/mol. The van der Waals surface area contributed by atoms with Crippen molar-refractivity contribution >= 4 is 5.82 Å². The lowest BCUT2D eigenvalue weighted by Crippen LogP contribution is -2.14. The van der Waals surface area contributed by atoms with Gasteiger partial charge in [-0.1, -0.05) is 0 Å². The quantitative estimate of drug-likeness (QED) is 0.859. The highest BCUT2D eigenvalue weighted by Gasteiger charge is 2.26. The van der Waals surface area contributed by atoms with Crippen molar-refractivity contribution in [3.8, 4) is 5.88 Å². The molecule has 1 aromatic heterocycles. The van der Waals surface area contributed by atoms with Crippen LogP contribution in [0.4, 0.5) is 19.0 Å². The monoisotopic (exact) mass is 251 g/mol. The van der Waals surface area contributed by atoms with Crippen LogP contribution in [0.15, 0.2) is 6.07 Å². The molecule has 0 aliphatic carbocycles. The van der Waals surface area contributed by atoms with Gasteiger partial charge in [-0.15, -0.1) is 0 Å². The van der Waals surface area contributed by atoms with Crippen LogP contribution in [0.2, 0.25) is 0 Å². The zero-order chi connectivity index (χ0) is 12.9. The van der Waals surface area contributed by atoms with E-state index < -0.39 is 19.2 Å². The summed E-state index contributed by atoms with van der Waals surface area (Å²) >= 11 is 0. The summed E-state index contributed by atoms with van der Waals surface area (Å²) in [6, 6.07) is 1.26. The smallest absolute Gasteiger partial charge is 0.392 e. The highest BCUT2D eigenvalue weighted by molar-refractivity contribution is 5.32. The SMILES string of the molecule is COCc1nc(N)cc(OCCC(F)(F)F)n1. The molecule has 1 heterocycles. The average Bonchev–Trinajstić information content (AvgIpc) is 2.15. The zero-order valence-corrected chi connectivity index (χ0v) is 9.12. The maximum Gasteiger partial charge on any atom is 0.392 e. The third-order valence-corrected chi connectivity index (χ3v) is 1.68. The van der Waals surface area contributed by atoms with E-state index in [1.165, 1.54) is 13.2 Å². The molecule has 0 aliphatic rings. The Morgan fingerprint density at radius 3 is 2.65 bits per heavy atom. The molecule has 0 saturated carbocycles. The van der Waals surface area contributed by atoms with E-state index in [0.717, 1.165) is 0 Å². The van der Waals surface area contributed by atoms with Crippen molar-refractivity contribution in [2.45, 2.75) is 19.2 Å². The minimum absolute atomic E-state index is 0.00815. The van der Waals surface area contributed by atoms with E-state index in [9.17, 15) is 13.2 Å². The number of aromatic nitrogens is 2. The number of nitrogens with two attached hydrogens (primary N) is 1. The number of halogens is 3. The van der Waals surface area contributed by atoms with Crippen LogP contribution in [0.1, 0.15) is 12.2 Å². The molecule has 0 aliphatic heterocycles. The van der Waals surface area contributed by atoms with E-state index in [0.29, 0.717) is 0 Å². The molecule has 0 fully saturated rings. The van der Waals surface area contributed by atoms with Crippen LogP contribution in [-0.4, -0.2) is 29.9 Å². The minimum atomic E-state index is -4.26. The standard InChI is InChI=1S/C9H12F3N3O2/c1-16-5-7-14-6(13)4-8(15-7)17-3-2-9(10,11)12/h4H,2-3,5H2,1H3,(H2,13,14,15). The van der Waals surface area contributed by atoms with Crippen molar-refractivity contribution in [3.05, 3.63) is 11.9 Å². The maximum atomic E-state index is 11.9. The number of nitrogens with zero attached hydrogens (tertiary/aromatic N) is 2. The van der Waals surface area contributed by atoms with Crippen LogP contribution >= 0.6 is 0 Å². The molecule has 0 unspecified atom stereocenters. The average molecular weight is 251 g/mol. The highest BCUT2D eigenvalue weighted by Crippen LogP contribution is 2.20. The summed E-state index contributed by atoms with van der Waals surface area (Å²) in [6.07, 6.45) is -5.30. The fourth-order valence-electron chi connectivity index (χ4n) is 1.03. The van der Waals surface area contributed by atoms with Gasteiger partial charge in [0, 0.05) is 13.2 Å². The van der Waals surface area contributed by atoms with Crippen molar-refractivity contribution < 1.29 is 22.6 Å². The summed E-state index contributed by atoms with van der Waals surface area (Å²) in [4.78, 5) is 7.66. The molecule has 0 amide bonds. The Bertz CT molecular complexity index is 371. The highest BCUT2D eigenvalue weighted by atomic mass is 19.4. The summed E-state index contributed by atoms with van der Waals surface area (Å²) in [7, 11) is 1.44. The van der Waals surface area contributed by atoms with Crippen molar-refractivity contribution in [1.82, 2.24) is 9.97 Å². The maximum absolute atomic E-state index is 11.9. The number of hydrogen-bond donors (Lipinski definition) is 1. The fraction of sp³-hybridized carbons (Fsp3) is 0.556. The predicted molar refractivity (Wildman–Crippen MR) is 53.3 cm³/mol. The number of anilines is 1. The Balaban J connectivity index is 2.58. The van der Waals surface area contributed by atoms with E-state index in [4.69, 9.17) is 15.2 Å². The van der Waals surface area contributed by atoms with Crippen molar-refractivity contribution in [2.75, 3.05) is 19.5 Å². The molecule has 96 valence electrons. The first-order chi connectivity index (χ1) is 7.90. The number of nitrogen functional groups attached to an aromatic ring is 1. The normalized spacial score (nSPS) is 11.5. The minimum Gasteiger partial charge on any atom is -0.477 e. The van der Waals surface area contributed by atoms with E-state index in [1.807, 2.05) is 0 Å². The van der Waals surface area contributed by atoms with Gasteiger partial charge in [0.25, 0.3) is 0 Å². The van der Waals surface area contributed by atoms with Crippen LogP contribution < -0.4 is 10.5 Å². The fourth-order valence-corrected chi connectivity index (χ4v) is 1.03. The second-order valence-corrected chi connectivity index (χ2v) is 3.19. The van der Waals surface area contributed by atoms with Gasteiger partial charge in [0.05, 0.1) is 13.0 Å². The lowest BCUT2D eigenvalue weighted by molar-refractivity contribution is -0.139. The lowest BCUT2D eigenvalue weighted by Gasteiger charge is -2.09. The first-order valence-electron chi connectivity index (χ1n) is 4.72. The molecule has 5 nitrogen and oxygen atoms in total. The Hall–Kier alpha value is -1.57. The second-order valence-electron chi connectivity index (χ2n) is 3.19. The van der Waals surface area contributed by atoms with Gasteiger partial charge in [-0.05, 0) is 0 Å². The van der Waals surface area contributed by atoms with Gasteiger partial charge in [0.15, 0.2) is 5.82 Å². The molecule has 8 heteroatoms. The Labute approximate surface area is 95.8 Å². The van der Waals surface area contributed by atoms with Gasteiger partial charge < -0.3 is 15.2 Å². The lowest BCUT2D eigenvalue weighted by atomic mass is 10.4. The molecule has 1 rings (SSSR count). The van der Waals surface area contributed by atoms with Gasteiger partial charge in [0.2, 0.25) is 5.88 Å². The molecule has 0 spiro atoms. The molecule has 0 bridgehead atoms. The van der Waals surface area contributed by atoms with Crippen molar-refractivity contribution in [2.24, 2.45) is 0 Å². The van der Waals surface area contributed by atoms with Crippen LogP contribution in [0.25, 0.3) is 0 Å². The van der Waals surface area contributed by atoms with E-state index in [-0.39, 0.29) is 24.1 Å². The Kier molecular flexibility index (Phi) is 4.50. The number of rotatable bonds is 5. The van der Waals surface area contributed by atoms with Crippen molar-refractivity contribution in [3.63, 3.8) is 0 Å². The van der Waals surface area contributed by atoms with Crippen molar-refractivity contribution in [1.29, 1.82) is 0 Å². The topological polar surface area (TPSA) is 70.3 Å². The number of ether oxygens (including phenoxy) is 2. The Morgan fingerprint density at radius 1 is 1.35 bits per heavy atom. The van der Waals surface area contributed by atoms with Gasteiger partial charge in [-0.3, -0.25) is 0 Å². The number of alkyl halides is 3. The number of methoxy groups -OCH3 is 1. The van der Waals surface area contributed by atoms with Gasteiger partial charge >= 0.3 is 6.18 Å². The van der Waals surface area contributed by atoms with Gasteiger partial charge in [0.1, 0.15) is 12.4 Å². The first-order valence-corrected chi connectivity index (χ1v) is 4.72. The van der Waals surface area contributed by atoms with Gasteiger partial charge in [-0.2, -0.15) is 18.2 Å². The van der Waals surface area contributed by atoms with Crippen LogP contribution in [0, 0.1) is 0 Å². The molecule has 0 radical (unpaired) electrons. The first kappa shape index (κ1) is 13.5. The van der Waals surface area contributed by atoms with Crippen LogP contribution in [0.5, 0.6) is 5.88 Å². The third kappa shape index (κ3) is 5.34. The summed E-state index contributed by atoms with van der Waals surface area (Å²) in [6.45, 7) is -0.396. The largest absolute Gasteiger partial charge is 0.477 e. The van der Waals surface area contributed by atoms with E-state index in [2.05, 4.69) is 9.97 Å². The third-order valence-electron chi connectivity index (χ3n) is 1.68.